The van der Waals surface area contributed by atoms with Gasteiger partial charge in [-0.25, -0.2) is 13.6 Å². The normalized spacial score (nSPS) is 15.0. The van der Waals surface area contributed by atoms with Gasteiger partial charge in [-0.1, -0.05) is 77.5 Å². The van der Waals surface area contributed by atoms with Crippen LogP contribution in [0.5, 0.6) is 0 Å². The summed E-state index contributed by atoms with van der Waals surface area (Å²) in [6.45, 7) is 14.6. The molecule has 0 aliphatic carbocycles. The molecule has 0 aromatic carbocycles. The van der Waals surface area contributed by atoms with Gasteiger partial charge in [0.15, 0.2) is 0 Å². The number of allylic oxidation sites excluding steroid dienone is 6. The van der Waals surface area contributed by atoms with Crippen LogP contribution in [0.1, 0.15) is 106 Å². The Balaban J connectivity index is 5.22. The summed E-state index contributed by atoms with van der Waals surface area (Å²) in [5.74, 6) is 0. The van der Waals surface area contributed by atoms with Crippen molar-refractivity contribution in [2.75, 3.05) is 6.61 Å². The predicted molar refractivity (Wildman–Crippen MR) is 130 cm³/mol. The summed E-state index contributed by atoms with van der Waals surface area (Å²) < 4.78 is 23.5. The minimum absolute atomic E-state index is 0.382. The molecule has 0 saturated carbocycles. The van der Waals surface area contributed by atoms with Crippen molar-refractivity contribution in [3.05, 3.63) is 35.3 Å². The molecule has 0 aliphatic rings. The molecule has 0 amide bonds. The highest BCUT2D eigenvalue weighted by atomic mass is 28.4. The van der Waals surface area contributed by atoms with Crippen LogP contribution in [-0.2, 0) is 18.0 Å². The van der Waals surface area contributed by atoms with E-state index >= 15 is 0 Å². The first-order valence-electron chi connectivity index (χ1n) is 11.9. The van der Waals surface area contributed by atoms with Crippen molar-refractivity contribution in [1.82, 2.24) is 16.4 Å². The molecule has 0 rings (SSSR count). The molecule has 8 heteroatoms. The highest BCUT2D eigenvalue weighted by Gasteiger charge is 2.50. The van der Waals surface area contributed by atoms with Crippen LogP contribution in [0.25, 0.3) is 0 Å². The van der Waals surface area contributed by atoms with E-state index in [-0.39, 0.29) is 0 Å². The Kier molecular flexibility index (Phi) is 18.5. The van der Waals surface area contributed by atoms with Crippen LogP contribution >= 0.6 is 0 Å². The maximum Gasteiger partial charge on any atom is 0.746 e. The van der Waals surface area contributed by atoms with Gasteiger partial charge >= 0.3 is 9.05 Å². The second-order valence-electron chi connectivity index (χ2n) is 7.63. The Labute approximate surface area is 192 Å². The average molecular weight is 458 g/mol. The molecule has 0 heterocycles. The molecule has 182 valence electrons. The standard InChI is InChI=1S/C23H47N3O4Si/c1-8-12-15-18-21(5)24-28-31(27-11-4,29-25-22(6)19-16-13-9-2)30-26-23(7)20-17-14-10-3/h18-20,24-26H,8-17H2,1-7H3. The fourth-order valence-electron chi connectivity index (χ4n) is 2.45. The minimum Gasteiger partial charge on any atom is -0.348 e. The van der Waals surface area contributed by atoms with Gasteiger partial charge in [0.1, 0.15) is 0 Å². The van der Waals surface area contributed by atoms with Crippen molar-refractivity contribution in [1.29, 1.82) is 0 Å². The number of rotatable bonds is 20. The Bertz CT molecular complexity index is 470. The van der Waals surface area contributed by atoms with Gasteiger partial charge in [0.05, 0.1) is 0 Å². The second kappa shape index (κ2) is 19.4. The Morgan fingerprint density at radius 1 is 0.613 bits per heavy atom. The molecule has 0 saturated heterocycles. The monoisotopic (exact) mass is 457 g/mol. The molecule has 0 radical (unpaired) electrons. The minimum atomic E-state index is -3.58. The van der Waals surface area contributed by atoms with E-state index in [1.54, 1.807) is 0 Å². The van der Waals surface area contributed by atoms with Gasteiger partial charge in [-0.3, -0.25) is 16.4 Å². The lowest BCUT2D eigenvalue weighted by Crippen LogP contribution is -2.57. The predicted octanol–water partition coefficient (Wildman–Crippen LogP) is 6.30. The third kappa shape index (κ3) is 16.0. The highest BCUT2D eigenvalue weighted by Crippen LogP contribution is 2.12. The van der Waals surface area contributed by atoms with Crippen LogP contribution in [0.15, 0.2) is 35.3 Å². The van der Waals surface area contributed by atoms with Gasteiger partial charge < -0.3 is 4.43 Å². The van der Waals surface area contributed by atoms with E-state index in [1.165, 1.54) is 0 Å². The van der Waals surface area contributed by atoms with Crippen LogP contribution in [0.2, 0.25) is 0 Å². The first kappa shape index (κ1) is 29.7. The SMILES string of the molecule is CCCCC=C(C)NO[Si](OCC)(ONC(C)=CCCCC)ONC(C)=CCCCC. The first-order chi connectivity index (χ1) is 14.9. The molecule has 0 bridgehead atoms. The Morgan fingerprint density at radius 3 is 1.19 bits per heavy atom. The fourth-order valence-corrected chi connectivity index (χ4v) is 3.96. The number of hydroxylamine groups is 3. The molecule has 7 nitrogen and oxygen atoms in total. The summed E-state index contributed by atoms with van der Waals surface area (Å²) in [6.07, 6.45) is 16.1. The van der Waals surface area contributed by atoms with Crippen molar-refractivity contribution < 1.29 is 18.0 Å². The summed E-state index contributed by atoms with van der Waals surface area (Å²) in [5, 5.41) is 0. The molecular formula is C23H47N3O4Si. The second-order valence-corrected chi connectivity index (χ2v) is 9.53. The molecule has 0 unspecified atom stereocenters. The van der Waals surface area contributed by atoms with E-state index in [4.69, 9.17) is 18.0 Å². The van der Waals surface area contributed by atoms with Gasteiger partial charge in [-0.2, -0.15) is 0 Å². The van der Waals surface area contributed by atoms with Gasteiger partial charge in [-0.05, 0) is 47.0 Å². The number of hydrogen-bond donors (Lipinski definition) is 3. The molecule has 0 aliphatic heterocycles. The molecule has 0 fully saturated rings. The van der Waals surface area contributed by atoms with Crippen LogP contribution in [0, 0.1) is 0 Å². The molecule has 0 aromatic heterocycles. The van der Waals surface area contributed by atoms with Crippen molar-refractivity contribution in [2.45, 2.75) is 106 Å². The lowest BCUT2D eigenvalue weighted by molar-refractivity contribution is -0.0898. The van der Waals surface area contributed by atoms with Crippen LogP contribution in [-0.4, -0.2) is 15.7 Å². The van der Waals surface area contributed by atoms with Gasteiger partial charge in [0.2, 0.25) is 0 Å². The van der Waals surface area contributed by atoms with Crippen molar-refractivity contribution >= 4 is 9.05 Å². The summed E-state index contributed by atoms with van der Waals surface area (Å²) in [6, 6.07) is 0. The van der Waals surface area contributed by atoms with Crippen LogP contribution in [0.4, 0.5) is 0 Å². The zero-order chi connectivity index (χ0) is 23.4. The zero-order valence-electron chi connectivity index (χ0n) is 20.9. The number of unbranched alkanes of at least 4 members (excludes halogenated alkanes) is 6. The molecule has 0 atom stereocenters. The van der Waals surface area contributed by atoms with E-state index in [0.717, 1.165) is 74.9 Å². The molecule has 31 heavy (non-hydrogen) atoms. The topological polar surface area (TPSA) is 73.0 Å². The Morgan fingerprint density at radius 2 is 0.935 bits per heavy atom. The van der Waals surface area contributed by atoms with E-state index in [0.29, 0.717) is 6.61 Å². The molecular weight excluding hydrogens is 410 g/mol. The highest BCUT2D eigenvalue weighted by molar-refractivity contribution is 6.53. The van der Waals surface area contributed by atoms with Crippen LogP contribution in [0.3, 0.4) is 0 Å². The van der Waals surface area contributed by atoms with Crippen molar-refractivity contribution in [3.63, 3.8) is 0 Å². The smallest absolute Gasteiger partial charge is 0.348 e. The lowest BCUT2D eigenvalue weighted by atomic mass is 10.2. The van der Waals surface area contributed by atoms with Crippen LogP contribution < -0.4 is 16.4 Å². The molecule has 0 spiro atoms. The third-order valence-corrected chi connectivity index (χ3v) is 6.06. The maximum atomic E-state index is 5.89. The average Bonchev–Trinajstić information content (AvgIpc) is 2.75. The molecule has 0 aromatic rings. The number of nitrogens with one attached hydrogen (secondary N) is 3. The largest absolute Gasteiger partial charge is 0.746 e. The van der Waals surface area contributed by atoms with E-state index < -0.39 is 9.05 Å². The summed E-state index contributed by atoms with van der Waals surface area (Å²) >= 11 is 0. The fraction of sp³-hybridized carbons (Fsp3) is 0.739. The Hall–Kier alpha value is -1.32. The summed E-state index contributed by atoms with van der Waals surface area (Å²) in [7, 11) is -3.58. The van der Waals surface area contributed by atoms with Gasteiger partial charge in [0, 0.05) is 23.7 Å². The lowest BCUT2D eigenvalue weighted by Gasteiger charge is -2.27. The summed E-state index contributed by atoms with van der Waals surface area (Å²) in [5.41, 5.74) is 11.5. The van der Waals surface area contributed by atoms with E-state index in [9.17, 15) is 0 Å². The molecule has 3 N–H and O–H groups in total. The zero-order valence-corrected chi connectivity index (χ0v) is 21.9. The van der Waals surface area contributed by atoms with E-state index in [1.807, 2.05) is 27.7 Å². The van der Waals surface area contributed by atoms with Crippen molar-refractivity contribution in [2.24, 2.45) is 0 Å². The maximum absolute atomic E-state index is 5.89. The number of hydrogen-bond acceptors (Lipinski definition) is 7. The first-order valence-corrected chi connectivity index (χ1v) is 13.5. The van der Waals surface area contributed by atoms with Gasteiger partial charge in [-0.15, -0.1) is 0 Å². The third-order valence-electron chi connectivity index (χ3n) is 4.36. The van der Waals surface area contributed by atoms with E-state index in [2.05, 4.69) is 55.4 Å². The van der Waals surface area contributed by atoms with Gasteiger partial charge in [0.25, 0.3) is 0 Å². The quantitative estimate of drug-likeness (QED) is 0.112. The summed E-state index contributed by atoms with van der Waals surface area (Å²) in [4.78, 5) is 0. The van der Waals surface area contributed by atoms with Crippen molar-refractivity contribution in [3.8, 4) is 0 Å².